The second kappa shape index (κ2) is 4.97. The van der Waals surface area contributed by atoms with Gasteiger partial charge in [0.15, 0.2) is 0 Å². The molecule has 1 saturated heterocycles. The van der Waals surface area contributed by atoms with Crippen molar-refractivity contribution in [2.24, 2.45) is 0 Å². The molecule has 0 saturated carbocycles. The molecular weight excluding hydrogens is 301 g/mol. The van der Waals surface area contributed by atoms with Gasteiger partial charge in [-0.15, -0.1) is 11.8 Å². The Labute approximate surface area is 115 Å². The van der Waals surface area contributed by atoms with Gasteiger partial charge >= 0.3 is 0 Å². The van der Waals surface area contributed by atoms with Crippen LogP contribution < -0.4 is 0 Å². The van der Waals surface area contributed by atoms with E-state index < -0.39 is 10.0 Å². The fourth-order valence-corrected chi connectivity index (χ4v) is 5.15. The molecule has 1 aromatic carbocycles. The predicted octanol–water partition coefficient (Wildman–Crippen LogP) is 3.00. The Morgan fingerprint density at radius 3 is 2.71 bits per heavy atom. The highest BCUT2D eigenvalue weighted by atomic mass is 35.5. The van der Waals surface area contributed by atoms with E-state index in [9.17, 15) is 8.42 Å². The van der Waals surface area contributed by atoms with E-state index in [4.69, 9.17) is 23.2 Å². The van der Waals surface area contributed by atoms with Gasteiger partial charge < -0.3 is 0 Å². The smallest absolute Gasteiger partial charge is 0.212 e. The van der Waals surface area contributed by atoms with E-state index in [1.54, 1.807) is 30.0 Å². The molecule has 0 N–H and O–H groups in total. The van der Waals surface area contributed by atoms with E-state index in [-0.39, 0.29) is 5.37 Å². The highest BCUT2D eigenvalue weighted by molar-refractivity contribution is 8.00. The molecule has 0 amide bonds. The summed E-state index contributed by atoms with van der Waals surface area (Å²) >= 11 is 13.5. The fourth-order valence-electron chi connectivity index (χ4n) is 1.74. The van der Waals surface area contributed by atoms with Crippen LogP contribution in [0, 0.1) is 0 Å². The fraction of sp³-hybridized carbons (Fsp3) is 0.400. The number of halogens is 2. The average molecular weight is 312 g/mol. The normalized spacial score (nSPS) is 21.9. The van der Waals surface area contributed by atoms with E-state index in [0.29, 0.717) is 16.6 Å². The van der Waals surface area contributed by atoms with Crippen molar-refractivity contribution in [3.63, 3.8) is 0 Å². The number of rotatable bonds is 2. The lowest BCUT2D eigenvalue weighted by atomic mass is 10.2. The van der Waals surface area contributed by atoms with Crippen molar-refractivity contribution < 1.29 is 8.42 Å². The Hall–Kier alpha value is 0.0600. The topological polar surface area (TPSA) is 37.4 Å². The van der Waals surface area contributed by atoms with E-state index in [1.807, 2.05) is 0 Å². The zero-order valence-corrected chi connectivity index (χ0v) is 12.2. The summed E-state index contributed by atoms with van der Waals surface area (Å²) in [4.78, 5) is 0. The van der Waals surface area contributed by atoms with Gasteiger partial charge in [0.05, 0.1) is 11.6 Å². The van der Waals surface area contributed by atoms with Gasteiger partial charge in [0.25, 0.3) is 0 Å². The molecule has 0 bridgehead atoms. The lowest BCUT2D eigenvalue weighted by Gasteiger charge is -2.22. The number of nitrogens with zero attached hydrogens (tertiary/aromatic N) is 1. The molecule has 0 unspecified atom stereocenters. The predicted molar refractivity (Wildman–Crippen MR) is 73.2 cm³/mol. The minimum Gasteiger partial charge on any atom is -0.212 e. The maximum atomic E-state index is 11.6. The summed E-state index contributed by atoms with van der Waals surface area (Å²) in [5, 5.41) is 0.813. The maximum absolute atomic E-state index is 11.6. The summed E-state index contributed by atoms with van der Waals surface area (Å²) < 4.78 is 24.7. The molecule has 0 spiro atoms. The van der Waals surface area contributed by atoms with Gasteiger partial charge in [-0.05, 0) is 17.7 Å². The summed E-state index contributed by atoms with van der Waals surface area (Å²) in [6.07, 6.45) is 1.22. The summed E-state index contributed by atoms with van der Waals surface area (Å²) in [7, 11) is -3.21. The highest BCUT2D eigenvalue weighted by Gasteiger charge is 2.34. The third-order valence-electron chi connectivity index (χ3n) is 2.50. The molecule has 1 aliphatic rings. The summed E-state index contributed by atoms with van der Waals surface area (Å²) in [6.45, 7) is 0.521. The van der Waals surface area contributed by atoms with E-state index in [1.165, 1.54) is 10.6 Å². The molecule has 1 aliphatic heterocycles. The summed E-state index contributed by atoms with van der Waals surface area (Å²) in [6, 6.07) is 5.14. The van der Waals surface area contributed by atoms with Crippen molar-refractivity contribution in [1.82, 2.24) is 4.31 Å². The molecule has 3 nitrogen and oxygen atoms in total. The average Bonchev–Trinajstić information content (AvgIpc) is 2.65. The van der Waals surface area contributed by atoms with Gasteiger partial charge in [-0.3, -0.25) is 0 Å². The largest absolute Gasteiger partial charge is 0.212 e. The number of thioether (sulfide) groups is 1. The van der Waals surface area contributed by atoms with Crippen LogP contribution in [0.4, 0.5) is 0 Å². The Morgan fingerprint density at radius 2 is 2.12 bits per heavy atom. The van der Waals surface area contributed by atoms with Crippen LogP contribution in [0.2, 0.25) is 10.0 Å². The third-order valence-corrected chi connectivity index (χ3v) is 5.69. The van der Waals surface area contributed by atoms with Crippen LogP contribution in [0.3, 0.4) is 0 Å². The van der Waals surface area contributed by atoms with Crippen LogP contribution in [-0.4, -0.2) is 31.3 Å². The molecule has 0 radical (unpaired) electrons. The highest BCUT2D eigenvalue weighted by Crippen LogP contribution is 2.42. The quantitative estimate of drug-likeness (QED) is 0.842. The minimum atomic E-state index is -3.21. The number of hydrogen-bond acceptors (Lipinski definition) is 3. The van der Waals surface area contributed by atoms with Crippen LogP contribution >= 0.6 is 35.0 Å². The van der Waals surface area contributed by atoms with Crippen molar-refractivity contribution in [3.8, 4) is 0 Å². The maximum Gasteiger partial charge on any atom is 0.212 e. The van der Waals surface area contributed by atoms with E-state index in [0.717, 1.165) is 11.3 Å². The molecule has 1 atom stereocenters. The van der Waals surface area contributed by atoms with Gasteiger partial charge in [0.2, 0.25) is 10.0 Å². The van der Waals surface area contributed by atoms with Crippen LogP contribution in [0.5, 0.6) is 0 Å². The molecule has 2 rings (SSSR count). The Kier molecular flexibility index (Phi) is 3.95. The van der Waals surface area contributed by atoms with Gasteiger partial charge in [0, 0.05) is 22.3 Å². The first-order chi connectivity index (χ1) is 7.89. The van der Waals surface area contributed by atoms with Gasteiger partial charge in [-0.1, -0.05) is 29.3 Å². The van der Waals surface area contributed by atoms with Crippen LogP contribution in [-0.2, 0) is 10.0 Å². The van der Waals surface area contributed by atoms with Crippen LogP contribution in [0.25, 0.3) is 0 Å². The molecular formula is C10H11Cl2NO2S2. The zero-order valence-electron chi connectivity index (χ0n) is 9.06. The summed E-state index contributed by atoms with van der Waals surface area (Å²) in [5.41, 5.74) is 0.795. The van der Waals surface area contributed by atoms with E-state index in [2.05, 4.69) is 0 Å². The van der Waals surface area contributed by atoms with Crippen LogP contribution in [0.1, 0.15) is 10.9 Å². The molecule has 0 aliphatic carbocycles. The second-order valence-electron chi connectivity index (χ2n) is 3.76. The van der Waals surface area contributed by atoms with Crippen molar-refractivity contribution in [2.75, 3.05) is 18.6 Å². The third kappa shape index (κ3) is 2.90. The number of benzene rings is 1. The van der Waals surface area contributed by atoms with Gasteiger partial charge in [-0.2, -0.15) is 4.31 Å². The lowest BCUT2D eigenvalue weighted by Crippen LogP contribution is -2.29. The molecule has 0 aromatic heterocycles. The monoisotopic (exact) mass is 311 g/mol. The first-order valence-corrected chi connectivity index (χ1v) is 8.58. The van der Waals surface area contributed by atoms with Gasteiger partial charge in [-0.25, -0.2) is 8.42 Å². The summed E-state index contributed by atoms with van der Waals surface area (Å²) in [5.74, 6) is 0.774. The molecule has 1 fully saturated rings. The number of hydrogen-bond donors (Lipinski definition) is 0. The molecule has 94 valence electrons. The standard InChI is InChI=1S/C10H11Cl2NO2S2/c1-17(14,15)13-4-5-16-10(13)8-3-2-7(11)6-9(8)12/h2-3,6,10H,4-5H2,1H3/t10-/m1/s1. The van der Waals surface area contributed by atoms with E-state index >= 15 is 0 Å². The van der Waals surface area contributed by atoms with Crippen molar-refractivity contribution in [2.45, 2.75) is 5.37 Å². The second-order valence-corrected chi connectivity index (χ2v) is 7.73. The first kappa shape index (κ1) is 13.5. The Morgan fingerprint density at radius 1 is 1.41 bits per heavy atom. The Bertz CT molecular complexity index is 533. The first-order valence-electron chi connectivity index (χ1n) is 4.93. The lowest BCUT2D eigenvalue weighted by molar-refractivity contribution is 0.439. The Balaban J connectivity index is 2.39. The van der Waals surface area contributed by atoms with Gasteiger partial charge in [0.1, 0.15) is 0 Å². The molecule has 1 heterocycles. The molecule has 17 heavy (non-hydrogen) atoms. The van der Waals surface area contributed by atoms with Crippen LogP contribution in [0.15, 0.2) is 18.2 Å². The van der Waals surface area contributed by atoms with Crippen molar-refractivity contribution in [3.05, 3.63) is 33.8 Å². The minimum absolute atomic E-state index is 0.241. The number of sulfonamides is 1. The molecule has 1 aromatic rings. The molecule has 7 heteroatoms. The zero-order chi connectivity index (χ0) is 12.6. The SMILES string of the molecule is CS(=O)(=O)N1CCS[C@@H]1c1ccc(Cl)cc1Cl. The van der Waals surface area contributed by atoms with Crippen molar-refractivity contribution >= 4 is 45.0 Å². The van der Waals surface area contributed by atoms with Crippen molar-refractivity contribution in [1.29, 1.82) is 0 Å².